The molecule has 1 aliphatic rings. The summed E-state index contributed by atoms with van der Waals surface area (Å²) in [5, 5.41) is 1.10. The Balaban J connectivity index is 1.21. The predicted molar refractivity (Wildman–Crippen MR) is 113 cm³/mol. The molecule has 1 aliphatic heterocycles. The number of pyridine rings is 1. The van der Waals surface area contributed by atoms with Crippen LogP contribution in [0.5, 0.6) is 5.75 Å². The summed E-state index contributed by atoms with van der Waals surface area (Å²) in [4.78, 5) is 23.6. The zero-order valence-corrected chi connectivity index (χ0v) is 17.4. The van der Waals surface area contributed by atoms with Crippen LogP contribution in [0.15, 0.2) is 42.0 Å². The summed E-state index contributed by atoms with van der Waals surface area (Å²) in [7, 11) is 0. The number of fused-ring (bicyclic) bond motifs is 1. The van der Waals surface area contributed by atoms with Gasteiger partial charge in [0.2, 0.25) is 0 Å². The van der Waals surface area contributed by atoms with Crippen LogP contribution in [-0.4, -0.2) is 40.7 Å². The topological polar surface area (TPSA) is 64.5 Å². The number of hydrogen-bond donors (Lipinski definition) is 0. The molecule has 3 aromatic rings. The van der Waals surface area contributed by atoms with E-state index in [0.717, 1.165) is 59.6 Å². The predicted octanol–water partition coefficient (Wildman–Crippen LogP) is 4.82. The number of benzene rings is 1. The van der Waals surface area contributed by atoms with E-state index in [1.165, 1.54) is 11.3 Å². The highest BCUT2D eigenvalue weighted by Gasteiger charge is 2.24. The Morgan fingerprint density at radius 3 is 2.90 bits per heavy atom. The maximum atomic E-state index is 12.2. The molecule has 1 aromatic carbocycles. The van der Waals surface area contributed by atoms with Crippen molar-refractivity contribution >= 4 is 28.3 Å². The summed E-state index contributed by atoms with van der Waals surface area (Å²) >= 11 is 1.50. The van der Waals surface area contributed by atoms with Crippen LogP contribution in [0.25, 0.3) is 10.9 Å². The average Bonchev–Trinajstić information content (AvgIpc) is 3.26. The third-order valence-electron chi connectivity index (χ3n) is 5.30. The number of amides is 1. The number of thiazole rings is 1. The van der Waals surface area contributed by atoms with E-state index in [1.807, 2.05) is 25.1 Å². The van der Waals surface area contributed by atoms with E-state index in [-0.39, 0.29) is 6.09 Å². The molecule has 3 heterocycles. The molecule has 1 amide bonds. The normalized spacial score (nSPS) is 14.9. The molecule has 7 heteroatoms. The summed E-state index contributed by atoms with van der Waals surface area (Å²) in [6, 6.07) is 10.1. The summed E-state index contributed by atoms with van der Waals surface area (Å²) in [6.45, 7) is 4.43. The van der Waals surface area contributed by atoms with E-state index >= 15 is 0 Å². The van der Waals surface area contributed by atoms with Crippen molar-refractivity contribution in [3.8, 4) is 5.75 Å². The maximum absolute atomic E-state index is 12.2. The zero-order chi connectivity index (χ0) is 20.1. The van der Waals surface area contributed by atoms with Gasteiger partial charge in [-0.3, -0.25) is 4.98 Å². The fourth-order valence-corrected chi connectivity index (χ4v) is 4.12. The minimum atomic E-state index is -0.231. The number of hydrogen-bond acceptors (Lipinski definition) is 6. The quantitative estimate of drug-likeness (QED) is 0.582. The first kappa shape index (κ1) is 19.6. The second kappa shape index (κ2) is 9.22. The Hall–Kier alpha value is -2.67. The van der Waals surface area contributed by atoms with E-state index in [4.69, 9.17) is 9.47 Å². The highest BCUT2D eigenvalue weighted by atomic mass is 32.1. The van der Waals surface area contributed by atoms with Crippen molar-refractivity contribution in [1.29, 1.82) is 0 Å². The minimum absolute atomic E-state index is 0.231. The molecule has 0 saturated carbocycles. The molecule has 1 fully saturated rings. The highest BCUT2D eigenvalue weighted by Crippen LogP contribution is 2.26. The van der Waals surface area contributed by atoms with Crippen molar-refractivity contribution in [2.24, 2.45) is 5.92 Å². The van der Waals surface area contributed by atoms with Gasteiger partial charge in [-0.05, 0) is 44.2 Å². The summed E-state index contributed by atoms with van der Waals surface area (Å²) in [5.74, 6) is 1.40. The van der Waals surface area contributed by atoms with Crippen LogP contribution in [0.4, 0.5) is 4.79 Å². The number of rotatable bonds is 6. The van der Waals surface area contributed by atoms with Crippen molar-refractivity contribution in [3.05, 3.63) is 52.6 Å². The van der Waals surface area contributed by atoms with Crippen molar-refractivity contribution < 1.29 is 14.3 Å². The molecular weight excluding hydrogens is 386 g/mol. The molecule has 0 spiro atoms. The molecule has 0 bridgehead atoms. The van der Waals surface area contributed by atoms with Crippen LogP contribution < -0.4 is 4.74 Å². The second-order valence-corrected chi connectivity index (χ2v) is 8.34. The zero-order valence-electron chi connectivity index (χ0n) is 16.5. The van der Waals surface area contributed by atoms with E-state index in [2.05, 4.69) is 22.1 Å². The number of aromatic nitrogens is 2. The Morgan fingerprint density at radius 1 is 1.24 bits per heavy atom. The largest absolute Gasteiger partial charge is 0.491 e. The molecule has 0 radical (unpaired) electrons. The molecule has 152 valence electrons. The van der Waals surface area contributed by atoms with E-state index in [1.54, 1.807) is 16.6 Å². The fraction of sp³-hybridized carbons (Fsp3) is 0.409. The number of nitrogens with zero attached hydrogens (tertiary/aromatic N) is 3. The molecule has 0 aliphatic carbocycles. The summed E-state index contributed by atoms with van der Waals surface area (Å²) < 4.78 is 11.4. The number of carbonyl (C=O) groups is 1. The molecule has 0 unspecified atom stereocenters. The van der Waals surface area contributed by atoms with E-state index in [9.17, 15) is 4.79 Å². The summed E-state index contributed by atoms with van der Waals surface area (Å²) in [5.41, 5.74) is 3.65. The Kier molecular flexibility index (Phi) is 6.24. The van der Waals surface area contributed by atoms with Gasteiger partial charge < -0.3 is 14.4 Å². The van der Waals surface area contributed by atoms with Crippen LogP contribution in [0, 0.1) is 12.8 Å². The molecule has 29 heavy (non-hydrogen) atoms. The van der Waals surface area contributed by atoms with Crippen LogP contribution in [-0.2, 0) is 11.3 Å². The van der Waals surface area contributed by atoms with Crippen molar-refractivity contribution in [2.75, 3.05) is 19.7 Å². The smallest absolute Gasteiger partial charge is 0.410 e. The van der Waals surface area contributed by atoms with Crippen LogP contribution >= 0.6 is 11.3 Å². The fourth-order valence-electron chi connectivity index (χ4n) is 3.61. The van der Waals surface area contributed by atoms with Crippen molar-refractivity contribution in [2.45, 2.75) is 32.8 Å². The Bertz CT molecular complexity index is 953. The van der Waals surface area contributed by atoms with Gasteiger partial charge in [-0.15, -0.1) is 11.3 Å². The molecule has 4 rings (SSSR count). The Morgan fingerprint density at radius 2 is 2.10 bits per heavy atom. The van der Waals surface area contributed by atoms with Gasteiger partial charge in [0.1, 0.15) is 17.9 Å². The summed E-state index contributed by atoms with van der Waals surface area (Å²) in [6.07, 6.45) is 4.44. The van der Waals surface area contributed by atoms with Gasteiger partial charge in [0, 0.05) is 30.4 Å². The highest BCUT2D eigenvalue weighted by molar-refractivity contribution is 7.09. The molecule has 1 saturated heterocycles. The number of ether oxygens (including phenoxy) is 2. The van der Waals surface area contributed by atoms with Crippen molar-refractivity contribution in [3.63, 3.8) is 0 Å². The van der Waals surface area contributed by atoms with Gasteiger partial charge in [0.25, 0.3) is 0 Å². The van der Waals surface area contributed by atoms with Crippen LogP contribution in [0.3, 0.4) is 0 Å². The van der Waals surface area contributed by atoms with Gasteiger partial charge in [-0.1, -0.05) is 18.2 Å². The minimum Gasteiger partial charge on any atom is -0.491 e. The van der Waals surface area contributed by atoms with E-state index in [0.29, 0.717) is 19.1 Å². The van der Waals surface area contributed by atoms with Gasteiger partial charge in [-0.2, -0.15) is 0 Å². The molecule has 6 nitrogen and oxygen atoms in total. The van der Waals surface area contributed by atoms with Crippen LogP contribution in [0.1, 0.15) is 29.8 Å². The first-order chi connectivity index (χ1) is 14.2. The van der Waals surface area contributed by atoms with Gasteiger partial charge >= 0.3 is 6.09 Å². The van der Waals surface area contributed by atoms with Crippen LogP contribution in [0.2, 0.25) is 0 Å². The maximum Gasteiger partial charge on any atom is 0.410 e. The van der Waals surface area contributed by atoms with Crippen molar-refractivity contribution in [1.82, 2.24) is 14.9 Å². The standard InChI is InChI=1S/C22H25N3O3S/c1-16-5-6-18-3-2-4-20(21(18)24-16)27-12-9-17-7-10-25(11-8-17)22(26)28-14-19-13-23-15-29-19/h2-6,13,15,17H,7-12,14H2,1H3. The molecular formula is C22H25N3O3S. The first-order valence-electron chi connectivity index (χ1n) is 9.97. The lowest BCUT2D eigenvalue weighted by Crippen LogP contribution is -2.39. The number of carbonyl (C=O) groups excluding carboxylic acids is 1. The second-order valence-electron chi connectivity index (χ2n) is 7.37. The van der Waals surface area contributed by atoms with Gasteiger partial charge in [0.15, 0.2) is 0 Å². The third-order valence-corrected chi connectivity index (χ3v) is 6.05. The first-order valence-corrected chi connectivity index (χ1v) is 10.9. The number of para-hydroxylation sites is 1. The SMILES string of the molecule is Cc1ccc2cccc(OCCC3CCN(C(=O)OCc4cncs4)CC3)c2n1. The molecule has 2 aromatic heterocycles. The average molecular weight is 412 g/mol. The lowest BCUT2D eigenvalue weighted by Gasteiger charge is -2.31. The number of piperidine rings is 1. The number of likely N-dealkylation sites (tertiary alicyclic amines) is 1. The van der Waals surface area contributed by atoms with Gasteiger partial charge in [0.05, 0.1) is 17.0 Å². The van der Waals surface area contributed by atoms with E-state index < -0.39 is 0 Å². The van der Waals surface area contributed by atoms with Gasteiger partial charge in [-0.25, -0.2) is 9.78 Å². The lowest BCUT2D eigenvalue weighted by molar-refractivity contribution is 0.0807. The molecule has 0 atom stereocenters. The lowest BCUT2D eigenvalue weighted by atomic mass is 9.94. The Labute approximate surface area is 174 Å². The molecule has 0 N–H and O–H groups in total. The number of aryl methyl sites for hydroxylation is 1. The monoisotopic (exact) mass is 411 g/mol. The third kappa shape index (κ3) is 5.03.